The maximum atomic E-state index is 14.1. The first-order valence-corrected chi connectivity index (χ1v) is 15.1. The number of para-hydroxylation sites is 1. The number of nitrogens with zero attached hydrogens (tertiary/aromatic N) is 3. The van der Waals surface area contributed by atoms with Crippen molar-refractivity contribution in [1.29, 1.82) is 0 Å². The van der Waals surface area contributed by atoms with Crippen molar-refractivity contribution >= 4 is 10.0 Å². The van der Waals surface area contributed by atoms with Crippen LogP contribution >= 0.6 is 0 Å². The van der Waals surface area contributed by atoms with Crippen LogP contribution in [0.15, 0.2) is 83.8 Å². The minimum absolute atomic E-state index is 0.0591. The summed E-state index contributed by atoms with van der Waals surface area (Å²) in [6, 6.07) is 23.4. The number of hydrogen-bond acceptors (Lipinski definition) is 7. The van der Waals surface area contributed by atoms with Gasteiger partial charge in [-0.05, 0) is 67.8 Å². The van der Waals surface area contributed by atoms with Crippen molar-refractivity contribution in [1.82, 2.24) is 14.1 Å². The Bertz CT molecular complexity index is 1550. The molecule has 0 saturated carbocycles. The zero-order valence-electron chi connectivity index (χ0n) is 23.5. The Kier molecular flexibility index (Phi) is 8.92. The molecule has 3 aromatic carbocycles. The van der Waals surface area contributed by atoms with Crippen molar-refractivity contribution in [3.63, 3.8) is 0 Å². The molecule has 0 N–H and O–H groups in total. The number of methoxy groups -OCH3 is 2. The summed E-state index contributed by atoms with van der Waals surface area (Å²) in [7, 11) is -0.760. The molecule has 1 aliphatic rings. The summed E-state index contributed by atoms with van der Waals surface area (Å²) in [5.41, 5.74) is 2.23. The van der Waals surface area contributed by atoms with Gasteiger partial charge < -0.3 is 18.9 Å². The summed E-state index contributed by atoms with van der Waals surface area (Å²) < 4.78 is 54.4. The number of hydrogen-bond donors (Lipinski definition) is 0. The fourth-order valence-corrected chi connectivity index (χ4v) is 6.32. The lowest BCUT2D eigenvalue weighted by Gasteiger charge is -2.25. The second-order valence-electron chi connectivity index (χ2n) is 9.72. The standard InChI is InChI=1S/C31H35N3O6S/c1-4-30-29(22-33(21-27-14-9-19-39-27)41(35,36)28-17-15-24(37-2)16-18-28)31(34(32-30)23-10-6-5-7-11-23)40-26-13-8-12-25(20-26)38-3/h5-8,10-13,15-18,20,27H,4,9,14,19,21-22H2,1-3H3/t27-/m1/s1. The van der Waals surface area contributed by atoms with Gasteiger partial charge in [-0.25, -0.2) is 13.1 Å². The first kappa shape index (κ1) is 28.7. The molecule has 0 unspecified atom stereocenters. The monoisotopic (exact) mass is 577 g/mol. The van der Waals surface area contributed by atoms with Crippen molar-refractivity contribution in [2.75, 3.05) is 27.4 Å². The summed E-state index contributed by atoms with van der Waals surface area (Å²) >= 11 is 0. The van der Waals surface area contributed by atoms with Crippen LogP contribution in [0.4, 0.5) is 0 Å². The van der Waals surface area contributed by atoms with Crippen LogP contribution in [0.3, 0.4) is 0 Å². The van der Waals surface area contributed by atoms with E-state index < -0.39 is 10.0 Å². The molecule has 41 heavy (non-hydrogen) atoms. The fraction of sp³-hybridized carbons (Fsp3) is 0.323. The van der Waals surface area contributed by atoms with Gasteiger partial charge in [-0.1, -0.05) is 31.2 Å². The van der Waals surface area contributed by atoms with Gasteiger partial charge in [-0.3, -0.25) is 0 Å². The van der Waals surface area contributed by atoms with Crippen molar-refractivity contribution in [3.05, 3.63) is 90.1 Å². The molecule has 9 nitrogen and oxygen atoms in total. The fourth-order valence-electron chi connectivity index (χ4n) is 4.88. The average Bonchev–Trinajstić information content (AvgIpc) is 3.65. The van der Waals surface area contributed by atoms with Gasteiger partial charge in [0.05, 0.1) is 42.2 Å². The zero-order chi connectivity index (χ0) is 28.8. The van der Waals surface area contributed by atoms with Crippen LogP contribution in [0, 0.1) is 0 Å². The molecule has 0 aliphatic carbocycles. The lowest BCUT2D eigenvalue weighted by Crippen LogP contribution is -2.37. The molecule has 216 valence electrons. The van der Waals surface area contributed by atoms with Crippen molar-refractivity contribution in [2.24, 2.45) is 0 Å². The Morgan fingerprint density at radius 2 is 1.68 bits per heavy atom. The van der Waals surface area contributed by atoms with E-state index in [1.807, 2.05) is 55.5 Å². The number of sulfonamides is 1. The Morgan fingerprint density at radius 1 is 0.951 bits per heavy atom. The summed E-state index contributed by atoms with van der Waals surface area (Å²) in [6.45, 7) is 2.90. The first-order chi connectivity index (χ1) is 19.9. The third kappa shape index (κ3) is 6.40. The van der Waals surface area contributed by atoms with E-state index in [-0.39, 0.29) is 24.1 Å². The summed E-state index contributed by atoms with van der Waals surface area (Å²) in [6.07, 6.45) is 2.09. The first-order valence-electron chi connectivity index (χ1n) is 13.7. The molecule has 5 rings (SSSR count). The zero-order valence-corrected chi connectivity index (χ0v) is 24.3. The lowest BCUT2D eigenvalue weighted by atomic mass is 10.2. The second kappa shape index (κ2) is 12.8. The highest BCUT2D eigenvalue weighted by Gasteiger charge is 2.32. The molecular formula is C31H35N3O6S. The largest absolute Gasteiger partial charge is 0.497 e. The van der Waals surface area contributed by atoms with Crippen LogP contribution in [0.1, 0.15) is 31.0 Å². The van der Waals surface area contributed by atoms with E-state index in [1.54, 1.807) is 49.2 Å². The quantitative estimate of drug-likeness (QED) is 0.216. The maximum absolute atomic E-state index is 14.1. The molecule has 1 atom stereocenters. The Balaban J connectivity index is 1.61. The van der Waals surface area contributed by atoms with E-state index >= 15 is 0 Å². The third-order valence-corrected chi connectivity index (χ3v) is 8.90. The highest BCUT2D eigenvalue weighted by Crippen LogP contribution is 2.35. The molecule has 0 bridgehead atoms. The number of rotatable bonds is 12. The van der Waals surface area contributed by atoms with Crippen LogP contribution in [0.25, 0.3) is 5.69 Å². The van der Waals surface area contributed by atoms with E-state index in [0.29, 0.717) is 41.7 Å². The Labute approximate surface area is 241 Å². The second-order valence-corrected chi connectivity index (χ2v) is 11.7. The van der Waals surface area contributed by atoms with Crippen LogP contribution in [0.5, 0.6) is 23.1 Å². The normalized spacial score (nSPS) is 15.3. The number of benzene rings is 3. The van der Waals surface area contributed by atoms with Gasteiger partial charge in [-0.15, -0.1) is 0 Å². The van der Waals surface area contributed by atoms with Gasteiger partial charge in [0.15, 0.2) is 0 Å². The van der Waals surface area contributed by atoms with Gasteiger partial charge in [0, 0.05) is 25.8 Å². The lowest BCUT2D eigenvalue weighted by molar-refractivity contribution is 0.0924. The third-order valence-electron chi connectivity index (χ3n) is 7.07. The van der Waals surface area contributed by atoms with E-state index in [2.05, 4.69) is 0 Å². The smallest absolute Gasteiger partial charge is 0.243 e. The van der Waals surface area contributed by atoms with Gasteiger partial charge in [0.25, 0.3) is 0 Å². The molecule has 1 aliphatic heterocycles. The van der Waals surface area contributed by atoms with Crippen molar-refractivity contribution in [3.8, 4) is 28.8 Å². The van der Waals surface area contributed by atoms with Gasteiger partial charge >= 0.3 is 0 Å². The minimum Gasteiger partial charge on any atom is -0.497 e. The molecule has 4 aromatic rings. The van der Waals surface area contributed by atoms with Crippen LogP contribution in [-0.4, -0.2) is 56.0 Å². The van der Waals surface area contributed by atoms with E-state index in [0.717, 1.165) is 24.2 Å². The number of ether oxygens (including phenoxy) is 4. The van der Waals surface area contributed by atoms with Crippen LogP contribution in [-0.2, 0) is 27.7 Å². The average molecular weight is 578 g/mol. The molecule has 0 amide bonds. The number of aryl methyl sites for hydroxylation is 1. The predicted molar refractivity (Wildman–Crippen MR) is 156 cm³/mol. The molecule has 1 aromatic heterocycles. The van der Waals surface area contributed by atoms with Gasteiger partial charge in [0.2, 0.25) is 15.9 Å². The topological polar surface area (TPSA) is 92.1 Å². The van der Waals surface area contributed by atoms with Gasteiger partial charge in [0.1, 0.15) is 17.2 Å². The predicted octanol–water partition coefficient (Wildman–Crippen LogP) is 5.61. The SMILES string of the molecule is CCc1nn(-c2ccccc2)c(Oc2cccc(OC)c2)c1CN(C[C@H]1CCCO1)S(=O)(=O)c1ccc(OC)cc1. The maximum Gasteiger partial charge on any atom is 0.243 e. The number of aromatic nitrogens is 2. The molecule has 10 heteroatoms. The van der Waals surface area contributed by atoms with Crippen molar-refractivity contribution < 1.29 is 27.4 Å². The minimum atomic E-state index is -3.91. The van der Waals surface area contributed by atoms with Gasteiger partial charge in [-0.2, -0.15) is 9.40 Å². The van der Waals surface area contributed by atoms with Crippen molar-refractivity contribution in [2.45, 2.75) is 43.7 Å². The summed E-state index contributed by atoms with van der Waals surface area (Å²) in [5, 5.41) is 4.89. The molecular weight excluding hydrogens is 542 g/mol. The van der Waals surface area contributed by atoms with Crippen LogP contribution in [0.2, 0.25) is 0 Å². The molecule has 2 heterocycles. The van der Waals surface area contributed by atoms with E-state index in [4.69, 9.17) is 24.0 Å². The van der Waals surface area contributed by atoms with Crippen LogP contribution < -0.4 is 14.2 Å². The Hall–Kier alpha value is -3.86. The molecule has 0 spiro atoms. The van der Waals surface area contributed by atoms with E-state index in [9.17, 15) is 8.42 Å². The molecule has 0 radical (unpaired) electrons. The van der Waals surface area contributed by atoms with E-state index in [1.165, 1.54) is 4.31 Å². The Morgan fingerprint density at radius 3 is 2.34 bits per heavy atom. The molecule has 1 fully saturated rings. The molecule has 1 saturated heterocycles. The summed E-state index contributed by atoms with van der Waals surface area (Å²) in [4.78, 5) is 0.181. The summed E-state index contributed by atoms with van der Waals surface area (Å²) in [5.74, 6) is 2.23. The highest BCUT2D eigenvalue weighted by atomic mass is 32.2. The highest BCUT2D eigenvalue weighted by molar-refractivity contribution is 7.89.